The largest absolute Gasteiger partial charge is 0.495 e. The highest BCUT2D eigenvalue weighted by Crippen LogP contribution is 2.46. The van der Waals surface area contributed by atoms with Crippen LogP contribution in [0.15, 0.2) is 24.3 Å². The number of carbonyl (C=O) groups excluding carboxylic acids is 1. The molecule has 0 radical (unpaired) electrons. The predicted octanol–water partition coefficient (Wildman–Crippen LogP) is 4.43. The number of nitrogens with zero attached hydrogens (tertiary/aromatic N) is 1. The van der Waals surface area contributed by atoms with Gasteiger partial charge in [0.05, 0.1) is 25.4 Å². The Morgan fingerprint density at radius 2 is 2.00 bits per heavy atom. The van der Waals surface area contributed by atoms with Crippen LogP contribution in [0.2, 0.25) is 0 Å². The van der Waals surface area contributed by atoms with Crippen LogP contribution < -0.4 is 9.64 Å². The second kappa shape index (κ2) is 7.29. The van der Waals surface area contributed by atoms with Crippen molar-refractivity contribution in [3.63, 3.8) is 0 Å². The van der Waals surface area contributed by atoms with E-state index in [4.69, 9.17) is 9.47 Å². The average molecular weight is 331 g/mol. The molecule has 1 aromatic carbocycles. The lowest BCUT2D eigenvalue weighted by molar-refractivity contribution is -0.142. The van der Waals surface area contributed by atoms with Gasteiger partial charge in [-0.15, -0.1) is 0 Å². The van der Waals surface area contributed by atoms with E-state index < -0.39 is 0 Å². The number of hydrogen-bond acceptors (Lipinski definition) is 4. The second-order valence-corrected chi connectivity index (χ2v) is 6.89. The number of ether oxygens (including phenoxy) is 2. The molecule has 1 aliphatic heterocycles. The first-order valence-electron chi connectivity index (χ1n) is 8.61. The second-order valence-electron chi connectivity index (χ2n) is 6.89. The zero-order valence-corrected chi connectivity index (χ0v) is 15.7. The van der Waals surface area contributed by atoms with E-state index in [0.717, 1.165) is 36.3 Å². The summed E-state index contributed by atoms with van der Waals surface area (Å²) < 4.78 is 10.8. The lowest BCUT2D eigenvalue weighted by Crippen LogP contribution is -2.54. The van der Waals surface area contributed by atoms with Gasteiger partial charge in [-0.25, -0.2) is 4.79 Å². The quantitative estimate of drug-likeness (QED) is 0.723. The number of benzene rings is 1. The van der Waals surface area contributed by atoms with E-state index in [0.29, 0.717) is 0 Å². The van der Waals surface area contributed by atoms with E-state index in [9.17, 15) is 4.79 Å². The lowest BCUT2D eigenvalue weighted by Gasteiger charge is -2.47. The first-order chi connectivity index (χ1) is 11.4. The summed E-state index contributed by atoms with van der Waals surface area (Å²) in [6.07, 6.45) is 4.99. The molecule has 1 unspecified atom stereocenters. The molecule has 0 saturated heterocycles. The molecular formula is C20H29NO3. The molecule has 132 valence electrons. The fraction of sp³-hybridized carbons (Fsp3) is 0.550. The maximum atomic E-state index is 12.6. The van der Waals surface area contributed by atoms with Gasteiger partial charge >= 0.3 is 5.97 Å². The molecule has 1 atom stereocenters. The first kappa shape index (κ1) is 18.4. The number of unbranched alkanes of at least 4 members (excludes halogenated alkanes) is 1. The molecule has 1 heterocycles. The van der Waals surface area contributed by atoms with Gasteiger partial charge in [-0.2, -0.15) is 0 Å². The maximum Gasteiger partial charge on any atom is 0.328 e. The zero-order chi connectivity index (χ0) is 17.9. The summed E-state index contributed by atoms with van der Waals surface area (Å²) in [6.45, 7) is 8.51. The molecule has 0 amide bonds. The zero-order valence-electron chi connectivity index (χ0n) is 15.7. The highest BCUT2D eigenvalue weighted by atomic mass is 16.5. The van der Waals surface area contributed by atoms with E-state index in [1.54, 1.807) is 7.11 Å². The number of fused-ring (bicyclic) bond motifs is 1. The Labute approximate surface area is 145 Å². The van der Waals surface area contributed by atoms with Gasteiger partial charge in [-0.05, 0) is 38.8 Å². The molecule has 0 spiro atoms. The van der Waals surface area contributed by atoms with Crippen LogP contribution in [-0.4, -0.2) is 31.8 Å². The van der Waals surface area contributed by atoms with Gasteiger partial charge in [0, 0.05) is 5.56 Å². The van der Waals surface area contributed by atoms with Crippen molar-refractivity contribution in [1.82, 2.24) is 0 Å². The fourth-order valence-corrected chi connectivity index (χ4v) is 3.66. The summed E-state index contributed by atoms with van der Waals surface area (Å²) in [5.41, 5.74) is 2.98. The first-order valence-corrected chi connectivity index (χ1v) is 8.61. The summed E-state index contributed by atoms with van der Waals surface area (Å²) in [7, 11) is 3.14. The van der Waals surface area contributed by atoms with Gasteiger partial charge in [0.15, 0.2) is 0 Å². The van der Waals surface area contributed by atoms with Gasteiger partial charge in [0.2, 0.25) is 0 Å². The molecule has 4 heteroatoms. The molecule has 0 bridgehead atoms. The standard InChI is InChI=1S/C20H29NO3/c1-7-8-11-16(19(22)24-6)21-18-15(10-9-12-17(18)23-5)14(2)13-20(21,3)4/h9-10,12-13,16H,7-8,11H2,1-6H3. The Balaban J connectivity index is 2.64. The predicted molar refractivity (Wildman–Crippen MR) is 98.5 cm³/mol. The van der Waals surface area contributed by atoms with E-state index in [1.165, 1.54) is 12.7 Å². The monoisotopic (exact) mass is 331 g/mol. The molecule has 0 aromatic heterocycles. The smallest absolute Gasteiger partial charge is 0.328 e. The summed E-state index contributed by atoms with van der Waals surface area (Å²) in [6, 6.07) is 5.70. The van der Waals surface area contributed by atoms with Gasteiger partial charge in [-0.1, -0.05) is 38.0 Å². The molecule has 0 fully saturated rings. The third-order valence-electron chi connectivity index (χ3n) is 4.69. The number of esters is 1. The number of para-hydroxylation sites is 1. The van der Waals surface area contributed by atoms with Crippen molar-refractivity contribution < 1.29 is 14.3 Å². The van der Waals surface area contributed by atoms with E-state index >= 15 is 0 Å². The number of rotatable bonds is 6. The Kier molecular flexibility index (Phi) is 5.58. The van der Waals surface area contributed by atoms with Crippen molar-refractivity contribution in [1.29, 1.82) is 0 Å². The molecule has 4 nitrogen and oxygen atoms in total. The van der Waals surface area contributed by atoms with Crippen molar-refractivity contribution in [2.24, 2.45) is 0 Å². The van der Waals surface area contributed by atoms with Crippen LogP contribution in [0.5, 0.6) is 5.75 Å². The van der Waals surface area contributed by atoms with Crippen LogP contribution in [-0.2, 0) is 9.53 Å². The van der Waals surface area contributed by atoms with E-state index in [2.05, 4.69) is 44.7 Å². The van der Waals surface area contributed by atoms with Crippen LogP contribution in [0.1, 0.15) is 52.5 Å². The van der Waals surface area contributed by atoms with Crippen molar-refractivity contribution in [3.8, 4) is 5.75 Å². The van der Waals surface area contributed by atoms with Crippen molar-refractivity contribution in [2.75, 3.05) is 19.1 Å². The minimum absolute atomic E-state index is 0.193. The third-order valence-corrected chi connectivity index (χ3v) is 4.69. The van der Waals surface area contributed by atoms with Crippen LogP contribution in [0.4, 0.5) is 5.69 Å². The Morgan fingerprint density at radius 1 is 1.29 bits per heavy atom. The molecule has 1 aromatic rings. The Morgan fingerprint density at radius 3 is 2.58 bits per heavy atom. The van der Waals surface area contributed by atoms with E-state index in [-0.39, 0.29) is 17.6 Å². The summed E-state index contributed by atoms with van der Waals surface area (Å²) in [4.78, 5) is 14.7. The summed E-state index contributed by atoms with van der Waals surface area (Å²) >= 11 is 0. The number of hydrogen-bond donors (Lipinski definition) is 0. The normalized spacial score (nSPS) is 16.9. The van der Waals surface area contributed by atoms with Crippen LogP contribution in [0.25, 0.3) is 5.57 Å². The minimum atomic E-state index is -0.329. The fourth-order valence-electron chi connectivity index (χ4n) is 3.66. The Bertz CT molecular complexity index is 634. The Hall–Kier alpha value is -1.97. The van der Waals surface area contributed by atoms with Gasteiger partial charge in [0.1, 0.15) is 11.8 Å². The van der Waals surface area contributed by atoms with Gasteiger partial charge in [0.25, 0.3) is 0 Å². The molecule has 24 heavy (non-hydrogen) atoms. The molecule has 0 N–H and O–H groups in total. The molecule has 2 rings (SSSR count). The summed E-state index contributed by atoms with van der Waals surface area (Å²) in [5, 5.41) is 0. The molecule has 0 aliphatic carbocycles. The SMILES string of the molecule is CCCCC(C(=O)OC)N1c2c(OC)cccc2C(C)=CC1(C)C. The molecule has 1 aliphatic rings. The molecular weight excluding hydrogens is 302 g/mol. The van der Waals surface area contributed by atoms with Gasteiger partial charge < -0.3 is 14.4 Å². The highest BCUT2D eigenvalue weighted by molar-refractivity contribution is 5.89. The lowest BCUT2D eigenvalue weighted by atomic mass is 9.86. The summed E-state index contributed by atoms with van der Waals surface area (Å²) in [5.74, 6) is 0.597. The topological polar surface area (TPSA) is 38.8 Å². The highest BCUT2D eigenvalue weighted by Gasteiger charge is 2.41. The number of carbonyl (C=O) groups is 1. The average Bonchev–Trinajstić information content (AvgIpc) is 2.55. The van der Waals surface area contributed by atoms with Crippen molar-refractivity contribution in [2.45, 2.75) is 58.5 Å². The van der Waals surface area contributed by atoms with Gasteiger partial charge in [-0.3, -0.25) is 0 Å². The maximum absolute atomic E-state index is 12.6. The molecule has 0 saturated carbocycles. The van der Waals surface area contributed by atoms with Crippen molar-refractivity contribution >= 4 is 17.2 Å². The minimum Gasteiger partial charge on any atom is -0.495 e. The van der Waals surface area contributed by atoms with Crippen LogP contribution in [0.3, 0.4) is 0 Å². The van der Waals surface area contributed by atoms with E-state index in [1.807, 2.05) is 12.1 Å². The van der Waals surface area contributed by atoms with Crippen molar-refractivity contribution in [3.05, 3.63) is 29.8 Å². The van der Waals surface area contributed by atoms with Crippen LogP contribution >= 0.6 is 0 Å². The van der Waals surface area contributed by atoms with Crippen LogP contribution in [0, 0.1) is 0 Å². The third kappa shape index (κ3) is 3.28. The number of anilines is 1. The number of allylic oxidation sites excluding steroid dienone is 1. The number of methoxy groups -OCH3 is 2.